The quantitative estimate of drug-likeness (QED) is 0.559. The van der Waals surface area contributed by atoms with E-state index < -0.39 is 11.8 Å². The normalized spacial score (nSPS) is 13.4. The van der Waals surface area contributed by atoms with Crippen molar-refractivity contribution in [2.45, 2.75) is 39.2 Å². The first kappa shape index (κ1) is 20.3. The number of fused-ring (bicyclic) bond motifs is 2. The van der Waals surface area contributed by atoms with Crippen LogP contribution in [0.5, 0.6) is 0 Å². The van der Waals surface area contributed by atoms with E-state index in [1.807, 2.05) is 13.0 Å². The van der Waals surface area contributed by atoms with Gasteiger partial charge in [-0.3, -0.25) is 19.0 Å². The van der Waals surface area contributed by atoms with Crippen LogP contribution in [0.2, 0.25) is 0 Å². The molecule has 2 amide bonds. The predicted molar refractivity (Wildman–Crippen MR) is 120 cm³/mol. The summed E-state index contributed by atoms with van der Waals surface area (Å²) >= 11 is 3.36. The predicted octanol–water partition coefficient (Wildman–Crippen LogP) is 3.77. The molecule has 0 aliphatic carbocycles. The number of rotatable bonds is 2. The number of amides is 2. The molecule has 8 heteroatoms. The molecule has 1 aliphatic heterocycles. The van der Waals surface area contributed by atoms with Crippen LogP contribution in [0.15, 0.2) is 45.7 Å². The second-order valence-electron chi connectivity index (χ2n) is 7.39. The largest absolute Gasteiger partial charge is 0.318 e. The second kappa shape index (κ2) is 8.39. The highest BCUT2D eigenvalue weighted by Crippen LogP contribution is 2.21. The maximum Gasteiger partial charge on any atom is 0.314 e. The fourth-order valence-electron chi connectivity index (χ4n) is 3.63. The number of nitrogens with zero attached hydrogens (tertiary/aromatic N) is 2. The van der Waals surface area contributed by atoms with E-state index in [1.54, 1.807) is 34.9 Å². The van der Waals surface area contributed by atoms with Crippen LogP contribution in [0.4, 0.5) is 11.4 Å². The van der Waals surface area contributed by atoms with Crippen molar-refractivity contribution in [1.29, 1.82) is 0 Å². The van der Waals surface area contributed by atoms with Crippen molar-refractivity contribution < 1.29 is 9.59 Å². The molecule has 3 aromatic rings. The van der Waals surface area contributed by atoms with E-state index in [-0.39, 0.29) is 5.56 Å². The van der Waals surface area contributed by atoms with Crippen molar-refractivity contribution in [1.82, 2.24) is 9.55 Å². The van der Waals surface area contributed by atoms with Gasteiger partial charge in [-0.15, -0.1) is 0 Å². The van der Waals surface area contributed by atoms with Crippen LogP contribution in [0.1, 0.15) is 30.7 Å². The van der Waals surface area contributed by atoms with Gasteiger partial charge in [0.1, 0.15) is 5.82 Å². The van der Waals surface area contributed by atoms with Crippen molar-refractivity contribution >= 4 is 50.0 Å². The van der Waals surface area contributed by atoms with Gasteiger partial charge in [-0.25, -0.2) is 4.98 Å². The SMILES string of the molecule is Cc1cc(Br)ccc1NC(=O)C(=O)Nc1ccc2nc3n(c(=O)c2c1)CCCCC3. The van der Waals surface area contributed by atoms with Crippen LogP contribution in [-0.4, -0.2) is 21.4 Å². The molecule has 2 heterocycles. The number of hydrogen-bond donors (Lipinski definition) is 2. The lowest BCUT2D eigenvalue weighted by molar-refractivity contribution is -0.133. The Bertz CT molecular complexity index is 1220. The molecule has 0 fully saturated rings. The Kier molecular flexibility index (Phi) is 5.67. The third kappa shape index (κ3) is 4.14. The summed E-state index contributed by atoms with van der Waals surface area (Å²) in [4.78, 5) is 42.2. The monoisotopic (exact) mass is 468 g/mol. The zero-order chi connectivity index (χ0) is 21.3. The van der Waals surface area contributed by atoms with E-state index in [0.29, 0.717) is 28.8 Å². The van der Waals surface area contributed by atoms with E-state index in [1.165, 1.54) is 0 Å². The molecule has 0 atom stereocenters. The number of carbonyl (C=O) groups excluding carboxylic acids is 2. The summed E-state index contributed by atoms with van der Waals surface area (Å²) in [7, 11) is 0. The Labute approximate surface area is 181 Å². The Morgan fingerprint density at radius 3 is 2.63 bits per heavy atom. The third-order valence-corrected chi connectivity index (χ3v) is 5.71. The number of aromatic nitrogens is 2. The van der Waals surface area contributed by atoms with Gasteiger partial charge in [0.2, 0.25) is 0 Å². The molecule has 0 saturated carbocycles. The second-order valence-corrected chi connectivity index (χ2v) is 8.31. The zero-order valence-electron chi connectivity index (χ0n) is 16.5. The van der Waals surface area contributed by atoms with Crippen molar-refractivity contribution in [2.24, 2.45) is 0 Å². The van der Waals surface area contributed by atoms with Crippen molar-refractivity contribution in [2.75, 3.05) is 10.6 Å². The van der Waals surface area contributed by atoms with Crippen LogP contribution in [0, 0.1) is 6.92 Å². The number of benzene rings is 2. The molecule has 2 N–H and O–H groups in total. The molecule has 1 aromatic heterocycles. The summed E-state index contributed by atoms with van der Waals surface area (Å²) in [5.74, 6) is -0.775. The molecule has 0 unspecified atom stereocenters. The molecule has 0 saturated heterocycles. The highest BCUT2D eigenvalue weighted by Gasteiger charge is 2.17. The van der Waals surface area contributed by atoms with E-state index in [4.69, 9.17) is 0 Å². The summed E-state index contributed by atoms with van der Waals surface area (Å²) in [6, 6.07) is 10.3. The van der Waals surface area contributed by atoms with Gasteiger partial charge in [-0.1, -0.05) is 22.4 Å². The molecule has 154 valence electrons. The van der Waals surface area contributed by atoms with Gasteiger partial charge in [0, 0.05) is 28.8 Å². The topological polar surface area (TPSA) is 93.1 Å². The van der Waals surface area contributed by atoms with Gasteiger partial charge in [-0.2, -0.15) is 0 Å². The van der Waals surface area contributed by atoms with Crippen molar-refractivity contribution in [3.05, 3.63) is 62.6 Å². The average molecular weight is 469 g/mol. The van der Waals surface area contributed by atoms with Crippen molar-refractivity contribution in [3.8, 4) is 0 Å². The minimum atomic E-state index is -0.806. The summed E-state index contributed by atoms with van der Waals surface area (Å²) in [5, 5.41) is 5.61. The molecule has 0 bridgehead atoms. The first-order valence-electron chi connectivity index (χ1n) is 9.84. The standard InChI is InChI=1S/C22H21BrN4O3/c1-13-11-14(23)6-8-17(13)26-21(29)20(28)24-15-7-9-18-16(12-15)22(30)27-10-4-2-3-5-19(27)25-18/h6-9,11-12H,2-5,10H2,1H3,(H,24,28)(H,26,29). The van der Waals surface area contributed by atoms with Crippen LogP contribution < -0.4 is 16.2 Å². The molecular weight excluding hydrogens is 448 g/mol. The summed E-state index contributed by atoms with van der Waals surface area (Å²) in [6.07, 6.45) is 3.85. The van der Waals surface area contributed by atoms with E-state index in [2.05, 4.69) is 31.5 Å². The van der Waals surface area contributed by atoms with Gasteiger partial charge in [0.15, 0.2) is 0 Å². The Balaban J connectivity index is 1.56. The van der Waals surface area contributed by atoms with Gasteiger partial charge < -0.3 is 10.6 Å². The zero-order valence-corrected chi connectivity index (χ0v) is 18.1. The van der Waals surface area contributed by atoms with Gasteiger partial charge >= 0.3 is 11.8 Å². The number of halogens is 1. The molecule has 2 aromatic carbocycles. The number of aryl methyl sites for hydroxylation is 2. The van der Waals surface area contributed by atoms with Gasteiger partial charge in [-0.05, 0) is 61.7 Å². The fourth-order valence-corrected chi connectivity index (χ4v) is 4.11. The van der Waals surface area contributed by atoms with Crippen LogP contribution in [0.3, 0.4) is 0 Å². The fraction of sp³-hybridized carbons (Fsp3) is 0.273. The smallest absolute Gasteiger partial charge is 0.314 e. The maximum atomic E-state index is 12.9. The highest BCUT2D eigenvalue weighted by atomic mass is 79.9. The first-order valence-corrected chi connectivity index (χ1v) is 10.6. The van der Waals surface area contributed by atoms with E-state index >= 15 is 0 Å². The molecule has 30 heavy (non-hydrogen) atoms. The first-order chi connectivity index (χ1) is 14.4. The third-order valence-electron chi connectivity index (χ3n) is 5.22. The van der Waals surface area contributed by atoms with Gasteiger partial charge in [0.05, 0.1) is 10.9 Å². The van der Waals surface area contributed by atoms with Crippen LogP contribution in [0.25, 0.3) is 10.9 Å². The van der Waals surface area contributed by atoms with Crippen LogP contribution >= 0.6 is 15.9 Å². The molecule has 0 radical (unpaired) electrons. The van der Waals surface area contributed by atoms with E-state index in [9.17, 15) is 14.4 Å². The summed E-state index contributed by atoms with van der Waals surface area (Å²) < 4.78 is 2.61. The maximum absolute atomic E-state index is 12.9. The lowest BCUT2D eigenvalue weighted by Gasteiger charge is -2.12. The Morgan fingerprint density at radius 2 is 1.83 bits per heavy atom. The molecule has 4 rings (SSSR count). The number of nitrogens with one attached hydrogen (secondary N) is 2. The van der Waals surface area contributed by atoms with E-state index in [0.717, 1.165) is 41.5 Å². The lowest BCUT2D eigenvalue weighted by atomic mass is 10.2. The molecule has 1 aliphatic rings. The minimum Gasteiger partial charge on any atom is -0.318 e. The number of hydrogen-bond acceptors (Lipinski definition) is 4. The van der Waals surface area contributed by atoms with Gasteiger partial charge in [0.25, 0.3) is 5.56 Å². The number of anilines is 2. The van der Waals surface area contributed by atoms with Crippen molar-refractivity contribution in [3.63, 3.8) is 0 Å². The molecular formula is C22H21BrN4O3. The highest BCUT2D eigenvalue weighted by molar-refractivity contribution is 9.10. The van der Waals surface area contributed by atoms with Crippen LogP contribution in [-0.2, 0) is 22.6 Å². The molecule has 0 spiro atoms. The number of carbonyl (C=O) groups is 2. The Hall–Kier alpha value is -3.00. The summed E-state index contributed by atoms with van der Waals surface area (Å²) in [5.41, 5.74) is 2.25. The minimum absolute atomic E-state index is 0.108. The summed E-state index contributed by atoms with van der Waals surface area (Å²) in [6.45, 7) is 2.49. The average Bonchev–Trinajstić information content (AvgIpc) is 2.96. The lowest BCUT2D eigenvalue weighted by Crippen LogP contribution is -2.29. The molecule has 7 nitrogen and oxygen atoms in total. The Morgan fingerprint density at radius 1 is 1.03 bits per heavy atom.